The zero-order valence-corrected chi connectivity index (χ0v) is 14.3. The highest BCUT2D eigenvalue weighted by Gasteiger charge is 2.24. The number of hydrogen-bond donors (Lipinski definition) is 0. The fraction of sp³-hybridized carbons (Fsp3) is 0.556. The molecule has 0 bridgehead atoms. The van der Waals surface area contributed by atoms with Crippen LogP contribution in [0.2, 0.25) is 0 Å². The lowest BCUT2D eigenvalue weighted by molar-refractivity contribution is -0.133. The molecule has 0 aromatic heterocycles. The highest BCUT2D eigenvalue weighted by molar-refractivity contribution is 5.96. The van der Waals surface area contributed by atoms with Gasteiger partial charge in [0.05, 0.1) is 6.54 Å². The van der Waals surface area contributed by atoms with Crippen LogP contribution in [0.3, 0.4) is 0 Å². The maximum atomic E-state index is 13.2. The van der Waals surface area contributed by atoms with E-state index in [0.717, 1.165) is 39.0 Å². The summed E-state index contributed by atoms with van der Waals surface area (Å²) in [6, 6.07) is 5.51. The lowest BCUT2D eigenvalue weighted by Gasteiger charge is -2.33. The standard InChI is InChI=1S/C18H25FN2O3/c1-20(18(23)15-4-3-5-16(19)12-15)13-17(22)21-9-6-14(7-10-21)8-11-24-2/h3-5,12,14H,6-11,13H2,1-2H3. The van der Waals surface area contributed by atoms with Gasteiger partial charge in [-0.15, -0.1) is 0 Å². The first-order valence-corrected chi connectivity index (χ1v) is 8.29. The van der Waals surface area contributed by atoms with Gasteiger partial charge in [0.15, 0.2) is 0 Å². The van der Waals surface area contributed by atoms with Crippen LogP contribution in [-0.4, -0.2) is 62.0 Å². The normalized spacial score (nSPS) is 15.4. The molecule has 132 valence electrons. The van der Waals surface area contributed by atoms with Gasteiger partial charge >= 0.3 is 0 Å². The highest BCUT2D eigenvalue weighted by Crippen LogP contribution is 2.20. The van der Waals surface area contributed by atoms with Crippen molar-refractivity contribution >= 4 is 11.8 Å². The molecule has 5 nitrogen and oxygen atoms in total. The van der Waals surface area contributed by atoms with E-state index in [2.05, 4.69) is 0 Å². The summed E-state index contributed by atoms with van der Waals surface area (Å²) in [5.74, 6) is -0.273. The fourth-order valence-corrected chi connectivity index (χ4v) is 2.97. The lowest BCUT2D eigenvalue weighted by Crippen LogP contribution is -2.44. The van der Waals surface area contributed by atoms with Crippen LogP contribution in [0.5, 0.6) is 0 Å². The van der Waals surface area contributed by atoms with Crippen molar-refractivity contribution in [3.63, 3.8) is 0 Å². The van der Waals surface area contributed by atoms with Crippen LogP contribution in [0, 0.1) is 11.7 Å². The third-order valence-corrected chi connectivity index (χ3v) is 4.49. The van der Waals surface area contributed by atoms with Crippen molar-refractivity contribution in [1.82, 2.24) is 9.80 Å². The monoisotopic (exact) mass is 336 g/mol. The van der Waals surface area contributed by atoms with Crippen molar-refractivity contribution in [2.45, 2.75) is 19.3 Å². The number of likely N-dealkylation sites (N-methyl/N-ethyl adjacent to an activating group) is 1. The van der Waals surface area contributed by atoms with Crippen molar-refractivity contribution in [1.29, 1.82) is 0 Å². The van der Waals surface area contributed by atoms with Gasteiger partial charge < -0.3 is 14.5 Å². The molecule has 1 fully saturated rings. The summed E-state index contributed by atoms with van der Waals surface area (Å²) in [6.45, 7) is 2.20. The minimum atomic E-state index is -0.460. The van der Waals surface area contributed by atoms with Crippen LogP contribution >= 0.6 is 0 Å². The summed E-state index contributed by atoms with van der Waals surface area (Å²) in [7, 11) is 3.26. The molecular weight excluding hydrogens is 311 g/mol. The molecule has 1 aliphatic rings. The lowest BCUT2D eigenvalue weighted by atomic mass is 9.94. The minimum Gasteiger partial charge on any atom is -0.385 e. The minimum absolute atomic E-state index is 0.0120. The average Bonchev–Trinajstić information content (AvgIpc) is 2.59. The number of benzene rings is 1. The van der Waals surface area contributed by atoms with Gasteiger partial charge in [0.2, 0.25) is 5.91 Å². The maximum Gasteiger partial charge on any atom is 0.254 e. The summed E-state index contributed by atoms with van der Waals surface area (Å²) >= 11 is 0. The number of likely N-dealkylation sites (tertiary alicyclic amines) is 1. The summed E-state index contributed by atoms with van der Waals surface area (Å²) in [5, 5.41) is 0. The molecule has 1 aromatic carbocycles. The predicted molar refractivity (Wildman–Crippen MR) is 89.2 cm³/mol. The molecular formula is C18H25FN2O3. The Bertz CT molecular complexity index is 571. The van der Waals surface area contributed by atoms with E-state index in [9.17, 15) is 14.0 Å². The summed E-state index contributed by atoms with van der Waals surface area (Å²) in [4.78, 5) is 27.8. The molecule has 6 heteroatoms. The molecule has 0 radical (unpaired) electrons. The van der Waals surface area contributed by atoms with Gasteiger partial charge in [-0.2, -0.15) is 0 Å². The van der Waals surface area contributed by atoms with E-state index < -0.39 is 5.82 Å². The first kappa shape index (κ1) is 18.4. The Balaban J connectivity index is 1.83. The van der Waals surface area contributed by atoms with Gasteiger partial charge in [0.1, 0.15) is 5.82 Å². The molecule has 1 heterocycles. The van der Waals surface area contributed by atoms with Gasteiger partial charge in [-0.3, -0.25) is 9.59 Å². The number of halogens is 1. The Labute approximate surface area is 142 Å². The predicted octanol–water partition coefficient (Wildman–Crippen LogP) is 2.17. The number of methoxy groups -OCH3 is 1. The molecule has 24 heavy (non-hydrogen) atoms. The Morgan fingerprint density at radius 2 is 2.04 bits per heavy atom. The molecule has 0 saturated carbocycles. The average molecular weight is 336 g/mol. The summed E-state index contributed by atoms with van der Waals surface area (Å²) in [6.07, 6.45) is 2.96. The van der Waals surface area contributed by atoms with Gasteiger partial charge in [-0.25, -0.2) is 4.39 Å². The van der Waals surface area contributed by atoms with Crippen molar-refractivity contribution in [2.75, 3.05) is 40.4 Å². The molecule has 0 aliphatic carbocycles. The van der Waals surface area contributed by atoms with Crippen molar-refractivity contribution in [3.05, 3.63) is 35.6 Å². The molecule has 0 N–H and O–H groups in total. The molecule has 2 rings (SSSR count). The van der Waals surface area contributed by atoms with Crippen LogP contribution in [-0.2, 0) is 9.53 Å². The number of carbonyl (C=O) groups excluding carboxylic acids is 2. The SMILES string of the molecule is COCCC1CCN(C(=O)CN(C)C(=O)c2cccc(F)c2)CC1. The van der Waals surface area contributed by atoms with Crippen LogP contribution < -0.4 is 0 Å². The molecule has 1 aromatic rings. The van der Waals surface area contributed by atoms with E-state index in [1.807, 2.05) is 0 Å². The summed E-state index contributed by atoms with van der Waals surface area (Å²) in [5.41, 5.74) is 0.253. The molecule has 1 saturated heterocycles. The van der Waals surface area contributed by atoms with Gasteiger partial charge in [-0.1, -0.05) is 6.07 Å². The first-order valence-electron chi connectivity index (χ1n) is 8.29. The third kappa shape index (κ3) is 5.03. The Morgan fingerprint density at radius 3 is 2.67 bits per heavy atom. The zero-order chi connectivity index (χ0) is 17.5. The van der Waals surface area contributed by atoms with Crippen LogP contribution in [0.25, 0.3) is 0 Å². The summed E-state index contributed by atoms with van der Waals surface area (Å²) < 4.78 is 18.3. The third-order valence-electron chi connectivity index (χ3n) is 4.49. The maximum absolute atomic E-state index is 13.2. The van der Waals surface area contributed by atoms with Crippen LogP contribution in [0.15, 0.2) is 24.3 Å². The van der Waals surface area contributed by atoms with Crippen molar-refractivity contribution in [3.8, 4) is 0 Å². The highest BCUT2D eigenvalue weighted by atomic mass is 19.1. The molecule has 2 amide bonds. The van der Waals surface area contributed by atoms with E-state index >= 15 is 0 Å². The number of piperidine rings is 1. The van der Waals surface area contributed by atoms with E-state index in [1.165, 1.54) is 23.1 Å². The Hall–Kier alpha value is -1.95. The smallest absolute Gasteiger partial charge is 0.254 e. The van der Waals surface area contributed by atoms with Crippen LogP contribution in [0.4, 0.5) is 4.39 Å². The van der Waals surface area contributed by atoms with E-state index in [-0.39, 0.29) is 23.9 Å². The quantitative estimate of drug-likeness (QED) is 0.800. The largest absolute Gasteiger partial charge is 0.385 e. The number of rotatable bonds is 6. The number of carbonyl (C=O) groups is 2. The van der Waals surface area contributed by atoms with E-state index in [0.29, 0.717) is 5.92 Å². The number of amides is 2. The fourth-order valence-electron chi connectivity index (χ4n) is 2.97. The Morgan fingerprint density at radius 1 is 1.33 bits per heavy atom. The van der Waals surface area contributed by atoms with Gasteiger partial charge in [0.25, 0.3) is 5.91 Å². The number of nitrogens with zero attached hydrogens (tertiary/aromatic N) is 2. The molecule has 1 aliphatic heterocycles. The van der Waals surface area contributed by atoms with Crippen molar-refractivity contribution < 1.29 is 18.7 Å². The molecule has 0 unspecified atom stereocenters. The second kappa shape index (κ2) is 8.78. The number of hydrogen-bond acceptors (Lipinski definition) is 3. The van der Waals surface area contributed by atoms with Gasteiger partial charge in [-0.05, 0) is 43.4 Å². The first-order chi connectivity index (χ1) is 11.5. The number of ether oxygens (including phenoxy) is 1. The zero-order valence-electron chi connectivity index (χ0n) is 14.3. The second-order valence-corrected chi connectivity index (χ2v) is 6.28. The molecule has 0 spiro atoms. The van der Waals surface area contributed by atoms with E-state index in [1.54, 1.807) is 25.1 Å². The van der Waals surface area contributed by atoms with Crippen molar-refractivity contribution in [2.24, 2.45) is 5.92 Å². The van der Waals surface area contributed by atoms with Gasteiger partial charge in [0, 0.05) is 39.4 Å². The topological polar surface area (TPSA) is 49.9 Å². The molecule has 0 atom stereocenters. The van der Waals surface area contributed by atoms with E-state index in [4.69, 9.17) is 4.74 Å². The Kier molecular flexibility index (Phi) is 6.73. The second-order valence-electron chi connectivity index (χ2n) is 6.28. The van der Waals surface area contributed by atoms with Crippen LogP contribution in [0.1, 0.15) is 29.6 Å².